The minimum atomic E-state index is -0.169. The quantitative estimate of drug-likeness (QED) is 0.636. The Morgan fingerprint density at radius 3 is 2.40 bits per heavy atom. The third-order valence-corrected chi connectivity index (χ3v) is 4.00. The molecule has 4 nitrogen and oxygen atoms in total. The Kier molecular flexibility index (Phi) is 3.54. The van der Waals surface area contributed by atoms with Crippen LogP contribution < -0.4 is 10.6 Å². The summed E-state index contributed by atoms with van der Waals surface area (Å²) in [7, 11) is 0. The maximum Gasteiger partial charge on any atom is 0.267 e. The number of carbonyl (C=O) groups is 2. The third kappa shape index (κ3) is 2.59. The average molecular weight is 270 g/mol. The van der Waals surface area contributed by atoms with E-state index in [1.54, 1.807) is 12.1 Å². The highest BCUT2D eigenvalue weighted by molar-refractivity contribution is 6.09. The molecule has 1 aromatic carbocycles. The van der Waals surface area contributed by atoms with E-state index >= 15 is 0 Å². The summed E-state index contributed by atoms with van der Waals surface area (Å²) in [6.07, 6.45) is 5.80. The number of rotatable bonds is 2. The Labute approximate surface area is 118 Å². The monoisotopic (exact) mass is 270 g/mol. The molecule has 20 heavy (non-hydrogen) atoms. The van der Waals surface area contributed by atoms with Crippen LogP contribution in [0.4, 0.5) is 0 Å². The van der Waals surface area contributed by atoms with Crippen LogP contribution in [-0.4, -0.2) is 23.8 Å². The highest BCUT2D eigenvalue weighted by Crippen LogP contribution is 2.22. The first kappa shape index (κ1) is 12.9. The number of piperazine rings is 1. The van der Waals surface area contributed by atoms with E-state index in [2.05, 4.69) is 10.6 Å². The molecule has 2 unspecified atom stereocenters. The van der Waals surface area contributed by atoms with Crippen molar-refractivity contribution in [1.82, 2.24) is 10.6 Å². The highest BCUT2D eigenvalue weighted by Gasteiger charge is 2.33. The second-order valence-corrected chi connectivity index (χ2v) is 5.40. The Bertz CT molecular complexity index is 551. The molecule has 1 saturated carbocycles. The molecule has 104 valence electrons. The molecule has 0 aromatic heterocycles. The summed E-state index contributed by atoms with van der Waals surface area (Å²) < 4.78 is 0. The van der Waals surface area contributed by atoms with Crippen molar-refractivity contribution in [2.75, 3.05) is 0 Å². The summed E-state index contributed by atoms with van der Waals surface area (Å²) in [5.41, 5.74) is 0.988. The zero-order valence-corrected chi connectivity index (χ0v) is 11.3. The number of fused-ring (bicyclic) bond motifs is 1. The topological polar surface area (TPSA) is 58.2 Å². The van der Waals surface area contributed by atoms with Crippen molar-refractivity contribution in [3.05, 3.63) is 47.7 Å². The second-order valence-electron chi connectivity index (χ2n) is 5.40. The third-order valence-electron chi connectivity index (χ3n) is 4.00. The molecule has 1 heterocycles. The second kappa shape index (κ2) is 5.49. The lowest BCUT2D eigenvalue weighted by Gasteiger charge is -2.38. The van der Waals surface area contributed by atoms with Gasteiger partial charge in [0.1, 0.15) is 5.70 Å². The summed E-state index contributed by atoms with van der Waals surface area (Å²) in [4.78, 5) is 24.1. The minimum Gasteiger partial charge on any atom is -0.376 e. The van der Waals surface area contributed by atoms with E-state index in [4.69, 9.17) is 0 Å². The number of hydrogen-bond acceptors (Lipinski definition) is 3. The summed E-state index contributed by atoms with van der Waals surface area (Å²) in [6.45, 7) is 0. The molecular formula is C16H18N2O2. The normalized spacial score (nSPS) is 27.4. The first-order valence-corrected chi connectivity index (χ1v) is 7.12. The van der Waals surface area contributed by atoms with E-state index in [9.17, 15) is 9.59 Å². The molecule has 2 atom stereocenters. The van der Waals surface area contributed by atoms with Gasteiger partial charge in [0.2, 0.25) is 0 Å². The Morgan fingerprint density at radius 1 is 1.05 bits per heavy atom. The molecule has 4 heteroatoms. The van der Waals surface area contributed by atoms with Crippen molar-refractivity contribution in [2.24, 2.45) is 0 Å². The predicted octanol–water partition coefficient (Wildman–Crippen LogP) is 1.78. The maximum absolute atomic E-state index is 12.1. The molecular weight excluding hydrogens is 252 g/mol. The average Bonchev–Trinajstić information content (AvgIpc) is 2.49. The van der Waals surface area contributed by atoms with Gasteiger partial charge in [0, 0.05) is 23.7 Å². The molecule has 2 fully saturated rings. The van der Waals surface area contributed by atoms with Crippen molar-refractivity contribution in [3.8, 4) is 0 Å². The summed E-state index contributed by atoms with van der Waals surface area (Å²) in [5.74, 6) is -0.310. The van der Waals surface area contributed by atoms with Crippen LogP contribution in [0.15, 0.2) is 42.1 Å². The Balaban J connectivity index is 1.77. The molecule has 0 spiro atoms. The van der Waals surface area contributed by atoms with Gasteiger partial charge in [-0.2, -0.15) is 0 Å². The Hall–Kier alpha value is -2.10. The van der Waals surface area contributed by atoms with E-state index < -0.39 is 0 Å². The molecule has 1 aliphatic carbocycles. The zero-order chi connectivity index (χ0) is 13.9. The minimum absolute atomic E-state index is 0.141. The van der Waals surface area contributed by atoms with Gasteiger partial charge in [-0.3, -0.25) is 9.59 Å². The van der Waals surface area contributed by atoms with Crippen LogP contribution in [0, 0.1) is 0 Å². The van der Waals surface area contributed by atoms with E-state index in [1.165, 1.54) is 12.5 Å². The fourth-order valence-electron chi connectivity index (χ4n) is 2.91. The number of amides is 1. The number of ketones is 1. The van der Waals surface area contributed by atoms with Crippen LogP contribution in [0.3, 0.4) is 0 Å². The Morgan fingerprint density at radius 2 is 1.70 bits per heavy atom. The molecule has 2 aliphatic rings. The van der Waals surface area contributed by atoms with Gasteiger partial charge in [-0.15, -0.1) is 0 Å². The lowest BCUT2D eigenvalue weighted by molar-refractivity contribution is -0.120. The lowest BCUT2D eigenvalue weighted by Crippen LogP contribution is -2.58. The smallest absolute Gasteiger partial charge is 0.267 e. The number of benzene rings is 1. The van der Waals surface area contributed by atoms with Crippen LogP contribution >= 0.6 is 0 Å². The largest absolute Gasteiger partial charge is 0.376 e. The van der Waals surface area contributed by atoms with E-state index in [0.29, 0.717) is 11.3 Å². The first-order valence-electron chi connectivity index (χ1n) is 7.12. The standard InChI is InChI=1S/C16H18N2O2/c19-15(11-6-2-1-3-7-11)10-14-16(20)18-13-9-5-4-8-12(13)17-14/h1-3,6-7,10,12-13,17H,4-5,8-9H2,(H,18,20). The van der Waals surface area contributed by atoms with Crippen LogP contribution in [0.5, 0.6) is 0 Å². The molecule has 1 amide bonds. The fraction of sp³-hybridized carbons (Fsp3) is 0.375. The highest BCUT2D eigenvalue weighted by atomic mass is 16.2. The van der Waals surface area contributed by atoms with Gasteiger partial charge in [-0.1, -0.05) is 43.2 Å². The summed E-state index contributed by atoms with van der Waals surface area (Å²) in [5, 5.41) is 6.24. The molecule has 1 aromatic rings. The SMILES string of the molecule is O=C1NC2CCCCC2NC1=CC(=O)c1ccccc1. The van der Waals surface area contributed by atoms with Crippen molar-refractivity contribution in [1.29, 1.82) is 0 Å². The van der Waals surface area contributed by atoms with Crippen LogP contribution in [0.1, 0.15) is 36.0 Å². The maximum atomic E-state index is 12.1. The lowest BCUT2D eigenvalue weighted by atomic mass is 9.88. The van der Waals surface area contributed by atoms with Gasteiger partial charge in [0.05, 0.1) is 0 Å². The van der Waals surface area contributed by atoms with Gasteiger partial charge in [-0.05, 0) is 12.8 Å². The molecule has 1 aliphatic heterocycles. The van der Waals surface area contributed by atoms with Gasteiger partial charge >= 0.3 is 0 Å². The van der Waals surface area contributed by atoms with E-state index in [-0.39, 0.29) is 23.8 Å². The fourth-order valence-corrected chi connectivity index (χ4v) is 2.91. The zero-order valence-electron chi connectivity index (χ0n) is 11.3. The van der Waals surface area contributed by atoms with Gasteiger partial charge < -0.3 is 10.6 Å². The van der Waals surface area contributed by atoms with Crippen LogP contribution in [-0.2, 0) is 4.79 Å². The van der Waals surface area contributed by atoms with Crippen molar-refractivity contribution >= 4 is 11.7 Å². The first-order chi connectivity index (χ1) is 9.74. The number of nitrogens with one attached hydrogen (secondary N) is 2. The number of hydrogen-bond donors (Lipinski definition) is 2. The van der Waals surface area contributed by atoms with Gasteiger partial charge in [-0.25, -0.2) is 0 Å². The van der Waals surface area contributed by atoms with Crippen molar-refractivity contribution < 1.29 is 9.59 Å². The van der Waals surface area contributed by atoms with Crippen molar-refractivity contribution in [2.45, 2.75) is 37.8 Å². The van der Waals surface area contributed by atoms with Crippen molar-refractivity contribution in [3.63, 3.8) is 0 Å². The number of carbonyl (C=O) groups excluding carboxylic acids is 2. The number of allylic oxidation sites excluding steroid dienone is 1. The summed E-state index contributed by atoms with van der Waals surface area (Å²) >= 11 is 0. The molecule has 0 radical (unpaired) electrons. The molecule has 3 rings (SSSR count). The van der Waals surface area contributed by atoms with E-state index in [1.807, 2.05) is 18.2 Å². The van der Waals surface area contributed by atoms with Crippen LogP contribution in [0.2, 0.25) is 0 Å². The molecule has 1 saturated heterocycles. The molecule has 0 bridgehead atoms. The van der Waals surface area contributed by atoms with Gasteiger partial charge in [0.25, 0.3) is 5.91 Å². The molecule has 2 N–H and O–H groups in total. The van der Waals surface area contributed by atoms with Crippen LogP contribution in [0.25, 0.3) is 0 Å². The predicted molar refractivity (Wildman–Crippen MR) is 76.2 cm³/mol. The van der Waals surface area contributed by atoms with E-state index in [0.717, 1.165) is 19.3 Å². The summed E-state index contributed by atoms with van der Waals surface area (Å²) in [6, 6.07) is 9.47. The van der Waals surface area contributed by atoms with Gasteiger partial charge in [0.15, 0.2) is 5.78 Å².